The second-order valence-electron chi connectivity index (χ2n) is 6.19. The summed E-state index contributed by atoms with van der Waals surface area (Å²) >= 11 is 5.97. The maximum absolute atomic E-state index is 13.6. The van der Waals surface area contributed by atoms with Crippen molar-refractivity contribution in [1.82, 2.24) is 9.88 Å². The number of amides is 1. The minimum absolute atomic E-state index is 0.0888. The highest BCUT2D eigenvalue weighted by Crippen LogP contribution is 2.33. The minimum Gasteiger partial charge on any atom is -0.352 e. The largest absolute Gasteiger partial charge is 0.417 e. The van der Waals surface area contributed by atoms with Crippen molar-refractivity contribution in [2.75, 3.05) is 31.1 Å². The first-order valence-electron chi connectivity index (χ1n) is 8.45. The van der Waals surface area contributed by atoms with E-state index in [0.29, 0.717) is 31.7 Å². The summed E-state index contributed by atoms with van der Waals surface area (Å²) in [5.41, 5.74) is -0.594. The Morgan fingerprint density at radius 2 is 1.82 bits per heavy atom. The molecule has 0 aliphatic carbocycles. The molecule has 28 heavy (non-hydrogen) atoms. The van der Waals surface area contributed by atoms with Gasteiger partial charge in [-0.1, -0.05) is 29.8 Å². The van der Waals surface area contributed by atoms with Crippen LogP contribution in [-0.4, -0.2) is 42.0 Å². The van der Waals surface area contributed by atoms with Crippen molar-refractivity contribution in [2.45, 2.75) is 6.18 Å². The summed E-state index contributed by atoms with van der Waals surface area (Å²) in [4.78, 5) is 19.4. The van der Waals surface area contributed by atoms with Gasteiger partial charge in [-0.2, -0.15) is 13.2 Å². The lowest BCUT2D eigenvalue weighted by Gasteiger charge is -2.35. The lowest BCUT2D eigenvalue weighted by atomic mass is 10.2. The Kier molecular flexibility index (Phi) is 5.88. The van der Waals surface area contributed by atoms with Crippen LogP contribution in [0.4, 0.5) is 23.4 Å². The minimum atomic E-state index is -4.51. The molecule has 1 aliphatic rings. The van der Waals surface area contributed by atoms with Crippen LogP contribution in [0.25, 0.3) is 6.08 Å². The number of piperazine rings is 1. The van der Waals surface area contributed by atoms with Gasteiger partial charge in [-0.05, 0) is 18.2 Å². The molecular formula is C19H16ClF4N3O. The first-order valence-corrected chi connectivity index (χ1v) is 8.82. The molecule has 1 saturated heterocycles. The predicted octanol–water partition coefficient (Wildman–Crippen LogP) is 4.25. The van der Waals surface area contributed by atoms with Gasteiger partial charge in [-0.25, -0.2) is 9.37 Å². The monoisotopic (exact) mass is 413 g/mol. The third-order valence-corrected chi connectivity index (χ3v) is 4.63. The molecule has 0 unspecified atom stereocenters. The highest BCUT2D eigenvalue weighted by Gasteiger charge is 2.32. The van der Waals surface area contributed by atoms with E-state index in [-0.39, 0.29) is 16.7 Å². The van der Waals surface area contributed by atoms with Crippen LogP contribution >= 0.6 is 11.6 Å². The van der Waals surface area contributed by atoms with Crippen LogP contribution in [0.15, 0.2) is 42.6 Å². The van der Waals surface area contributed by atoms with Crippen LogP contribution < -0.4 is 4.90 Å². The molecule has 0 N–H and O–H groups in total. The number of anilines is 1. The van der Waals surface area contributed by atoms with Crippen LogP contribution in [0.3, 0.4) is 0 Å². The van der Waals surface area contributed by atoms with Crippen LogP contribution in [0.2, 0.25) is 5.02 Å². The van der Waals surface area contributed by atoms with Gasteiger partial charge in [-0.15, -0.1) is 0 Å². The van der Waals surface area contributed by atoms with E-state index in [1.165, 1.54) is 18.2 Å². The maximum Gasteiger partial charge on any atom is 0.417 e. The molecule has 1 aromatic heterocycles. The lowest BCUT2D eigenvalue weighted by Crippen LogP contribution is -2.48. The smallest absolute Gasteiger partial charge is 0.352 e. The molecular weight excluding hydrogens is 398 g/mol. The van der Waals surface area contributed by atoms with Crippen molar-refractivity contribution in [3.05, 3.63) is 64.6 Å². The summed E-state index contributed by atoms with van der Waals surface area (Å²) in [7, 11) is 0. The molecule has 1 fully saturated rings. The maximum atomic E-state index is 13.6. The van der Waals surface area contributed by atoms with Gasteiger partial charge >= 0.3 is 6.18 Å². The molecule has 0 saturated carbocycles. The van der Waals surface area contributed by atoms with E-state index in [1.54, 1.807) is 28.0 Å². The molecule has 2 heterocycles. The fourth-order valence-corrected chi connectivity index (χ4v) is 3.12. The Labute approximate surface area is 164 Å². The summed E-state index contributed by atoms with van der Waals surface area (Å²) in [6, 6.07) is 6.96. The van der Waals surface area contributed by atoms with Gasteiger partial charge in [0.25, 0.3) is 0 Å². The third-order valence-electron chi connectivity index (χ3n) is 4.35. The number of aromatic nitrogens is 1. The normalized spacial score (nSPS) is 15.3. The van der Waals surface area contributed by atoms with E-state index >= 15 is 0 Å². The third kappa shape index (κ3) is 4.62. The van der Waals surface area contributed by atoms with Gasteiger partial charge in [0.1, 0.15) is 11.6 Å². The topological polar surface area (TPSA) is 36.4 Å². The number of hydrogen-bond donors (Lipinski definition) is 0. The van der Waals surface area contributed by atoms with Crippen molar-refractivity contribution in [3.63, 3.8) is 0 Å². The van der Waals surface area contributed by atoms with E-state index in [2.05, 4.69) is 4.98 Å². The number of benzene rings is 1. The van der Waals surface area contributed by atoms with E-state index in [9.17, 15) is 22.4 Å². The van der Waals surface area contributed by atoms with Gasteiger partial charge in [-0.3, -0.25) is 4.79 Å². The van der Waals surface area contributed by atoms with Gasteiger partial charge in [0.05, 0.1) is 10.6 Å². The molecule has 2 aromatic rings. The van der Waals surface area contributed by atoms with E-state index in [4.69, 9.17) is 11.6 Å². The van der Waals surface area contributed by atoms with Gasteiger partial charge in [0.2, 0.25) is 5.91 Å². The van der Waals surface area contributed by atoms with Crippen LogP contribution in [0, 0.1) is 5.82 Å². The summed E-state index contributed by atoms with van der Waals surface area (Å²) in [6.45, 7) is 1.44. The van der Waals surface area contributed by atoms with Gasteiger partial charge in [0, 0.05) is 44.0 Å². The Bertz CT molecular complexity index is 893. The summed E-state index contributed by atoms with van der Waals surface area (Å²) in [5, 5.41) is -0.0888. The molecule has 9 heteroatoms. The van der Waals surface area contributed by atoms with Crippen LogP contribution in [0.1, 0.15) is 11.1 Å². The fourth-order valence-electron chi connectivity index (χ4n) is 2.83. The van der Waals surface area contributed by atoms with Crippen molar-refractivity contribution in [3.8, 4) is 0 Å². The van der Waals surface area contributed by atoms with E-state index in [0.717, 1.165) is 12.3 Å². The summed E-state index contributed by atoms with van der Waals surface area (Å²) in [5.74, 6) is -0.433. The molecule has 1 aliphatic heterocycles. The van der Waals surface area contributed by atoms with E-state index in [1.807, 2.05) is 0 Å². The molecule has 1 aromatic carbocycles. The Hall–Kier alpha value is -2.61. The number of hydrogen-bond acceptors (Lipinski definition) is 3. The average Bonchev–Trinajstić information content (AvgIpc) is 2.66. The molecule has 0 bridgehead atoms. The van der Waals surface area contributed by atoms with Gasteiger partial charge < -0.3 is 9.80 Å². The number of halogens is 5. The summed E-state index contributed by atoms with van der Waals surface area (Å²) < 4.78 is 51.7. The standard InChI is InChI=1S/C19H16ClF4N3O/c20-15-11-14(19(22,23)24)12-25-18(15)27-9-7-26(8-10-27)17(28)6-5-13-3-1-2-4-16(13)21/h1-6,11-12H,7-10H2. The number of nitrogens with zero attached hydrogens (tertiary/aromatic N) is 3. The fraction of sp³-hybridized carbons (Fsp3) is 0.263. The second kappa shape index (κ2) is 8.18. The Morgan fingerprint density at radius 3 is 2.43 bits per heavy atom. The highest BCUT2D eigenvalue weighted by atomic mass is 35.5. The van der Waals surface area contributed by atoms with Crippen molar-refractivity contribution < 1.29 is 22.4 Å². The molecule has 1 amide bonds. The Morgan fingerprint density at radius 1 is 1.14 bits per heavy atom. The average molecular weight is 414 g/mol. The molecule has 4 nitrogen and oxygen atoms in total. The summed E-state index contributed by atoms with van der Waals surface area (Å²) in [6.07, 6.45) is -1.05. The molecule has 0 spiro atoms. The highest BCUT2D eigenvalue weighted by molar-refractivity contribution is 6.33. The van der Waals surface area contributed by atoms with Crippen molar-refractivity contribution in [1.29, 1.82) is 0 Å². The van der Waals surface area contributed by atoms with Crippen molar-refractivity contribution >= 4 is 29.4 Å². The number of alkyl halides is 3. The quantitative estimate of drug-likeness (QED) is 0.557. The van der Waals surface area contributed by atoms with E-state index < -0.39 is 17.6 Å². The number of pyridine rings is 1. The number of carbonyl (C=O) groups is 1. The molecule has 148 valence electrons. The zero-order valence-corrected chi connectivity index (χ0v) is 15.3. The zero-order valence-electron chi connectivity index (χ0n) is 14.6. The first-order chi connectivity index (χ1) is 13.3. The number of rotatable bonds is 3. The van der Waals surface area contributed by atoms with Crippen LogP contribution in [0.5, 0.6) is 0 Å². The number of carbonyl (C=O) groups excluding carboxylic acids is 1. The lowest BCUT2D eigenvalue weighted by molar-refractivity contribution is -0.137. The first kappa shape index (κ1) is 20.1. The SMILES string of the molecule is O=C(C=Cc1ccccc1F)N1CCN(c2ncc(C(F)(F)F)cc2Cl)CC1. The van der Waals surface area contributed by atoms with Gasteiger partial charge in [0.15, 0.2) is 0 Å². The predicted molar refractivity (Wildman–Crippen MR) is 98.5 cm³/mol. The molecule has 0 radical (unpaired) electrons. The molecule has 3 rings (SSSR count). The zero-order chi connectivity index (χ0) is 20.3. The second-order valence-corrected chi connectivity index (χ2v) is 6.60. The van der Waals surface area contributed by atoms with Crippen molar-refractivity contribution in [2.24, 2.45) is 0 Å². The Balaban J connectivity index is 1.61. The molecule has 0 atom stereocenters. The van der Waals surface area contributed by atoms with Crippen LogP contribution in [-0.2, 0) is 11.0 Å².